The molecular formula is C15H24N4O. The summed E-state index contributed by atoms with van der Waals surface area (Å²) >= 11 is 0. The third kappa shape index (κ3) is 3.77. The smallest absolute Gasteiger partial charge is 0.239 e. The van der Waals surface area contributed by atoms with Crippen LogP contribution >= 0.6 is 0 Å². The van der Waals surface area contributed by atoms with Gasteiger partial charge in [-0.3, -0.25) is 14.7 Å². The van der Waals surface area contributed by atoms with Gasteiger partial charge in [0.1, 0.15) is 0 Å². The fourth-order valence-corrected chi connectivity index (χ4v) is 2.37. The predicted molar refractivity (Wildman–Crippen MR) is 78.9 cm³/mol. The Bertz CT molecular complexity index is 427. The van der Waals surface area contributed by atoms with Crippen LogP contribution in [0.4, 0.5) is 0 Å². The molecule has 20 heavy (non-hydrogen) atoms. The van der Waals surface area contributed by atoms with Crippen LogP contribution in [0.5, 0.6) is 0 Å². The van der Waals surface area contributed by atoms with E-state index in [1.54, 1.807) is 6.20 Å². The molecule has 1 saturated heterocycles. The van der Waals surface area contributed by atoms with Gasteiger partial charge in [-0.05, 0) is 17.5 Å². The SMILES string of the molecule is CC(C)[C@H](N)C(=O)N1CCN(Cc2cccnc2)CC1. The summed E-state index contributed by atoms with van der Waals surface area (Å²) in [5, 5.41) is 0. The van der Waals surface area contributed by atoms with Gasteiger partial charge in [-0.1, -0.05) is 19.9 Å². The molecule has 0 aromatic carbocycles. The number of hydrogen-bond acceptors (Lipinski definition) is 4. The number of aromatic nitrogens is 1. The van der Waals surface area contributed by atoms with Crippen molar-refractivity contribution in [1.82, 2.24) is 14.8 Å². The third-order valence-corrected chi connectivity index (χ3v) is 3.82. The average molecular weight is 276 g/mol. The van der Waals surface area contributed by atoms with E-state index < -0.39 is 0 Å². The average Bonchev–Trinajstić information content (AvgIpc) is 2.47. The molecule has 1 aromatic heterocycles. The molecule has 2 heterocycles. The van der Waals surface area contributed by atoms with Gasteiger partial charge < -0.3 is 10.6 Å². The van der Waals surface area contributed by atoms with Crippen LogP contribution in [0, 0.1) is 5.92 Å². The van der Waals surface area contributed by atoms with Gasteiger partial charge >= 0.3 is 0 Å². The van der Waals surface area contributed by atoms with Crippen LogP contribution in [0.25, 0.3) is 0 Å². The van der Waals surface area contributed by atoms with Crippen molar-refractivity contribution in [3.63, 3.8) is 0 Å². The van der Waals surface area contributed by atoms with Crippen molar-refractivity contribution in [3.05, 3.63) is 30.1 Å². The first-order valence-corrected chi connectivity index (χ1v) is 7.23. The molecule has 5 nitrogen and oxygen atoms in total. The lowest BCUT2D eigenvalue weighted by Crippen LogP contribution is -2.54. The van der Waals surface area contributed by atoms with Crippen LogP contribution in [0.2, 0.25) is 0 Å². The molecule has 0 radical (unpaired) electrons. The molecule has 1 atom stereocenters. The minimum atomic E-state index is -0.375. The van der Waals surface area contributed by atoms with Crippen molar-refractivity contribution in [2.75, 3.05) is 26.2 Å². The molecule has 1 fully saturated rings. The van der Waals surface area contributed by atoms with E-state index in [-0.39, 0.29) is 17.9 Å². The van der Waals surface area contributed by atoms with Crippen molar-refractivity contribution in [2.45, 2.75) is 26.4 Å². The number of hydrogen-bond donors (Lipinski definition) is 1. The van der Waals surface area contributed by atoms with E-state index >= 15 is 0 Å². The van der Waals surface area contributed by atoms with E-state index in [0.717, 1.165) is 32.7 Å². The number of carbonyl (C=O) groups is 1. The summed E-state index contributed by atoms with van der Waals surface area (Å²) in [6, 6.07) is 3.66. The number of piperazine rings is 1. The topological polar surface area (TPSA) is 62.5 Å². The molecule has 2 rings (SSSR count). The second-order valence-electron chi connectivity index (χ2n) is 5.73. The normalized spacial score (nSPS) is 18.3. The van der Waals surface area contributed by atoms with Gasteiger partial charge in [-0.2, -0.15) is 0 Å². The summed E-state index contributed by atoms with van der Waals surface area (Å²) in [7, 11) is 0. The fourth-order valence-electron chi connectivity index (χ4n) is 2.37. The summed E-state index contributed by atoms with van der Waals surface area (Å²) in [5.41, 5.74) is 7.15. The monoisotopic (exact) mass is 276 g/mol. The highest BCUT2D eigenvalue weighted by Gasteiger charge is 2.26. The number of rotatable bonds is 4. The predicted octanol–water partition coefficient (Wildman–Crippen LogP) is 0.709. The van der Waals surface area contributed by atoms with Gasteiger partial charge in [0, 0.05) is 45.1 Å². The molecule has 110 valence electrons. The highest BCUT2D eigenvalue weighted by molar-refractivity contribution is 5.82. The van der Waals surface area contributed by atoms with Gasteiger partial charge in [0.25, 0.3) is 0 Å². The van der Waals surface area contributed by atoms with Crippen molar-refractivity contribution < 1.29 is 4.79 Å². The summed E-state index contributed by atoms with van der Waals surface area (Å²) in [4.78, 5) is 20.5. The van der Waals surface area contributed by atoms with Gasteiger partial charge in [0.2, 0.25) is 5.91 Å². The largest absolute Gasteiger partial charge is 0.339 e. The second-order valence-corrected chi connectivity index (χ2v) is 5.73. The summed E-state index contributed by atoms with van der Waals surface area (Å²) in [5.74, 6) is 0.275. The number of pyridine rings is 1. The van der Waals surface area contributed by atoms with Crippen LogP contribution in [0.3, 0.4) is 0 Å². The van der Waals surface area contributed by atoms with Crippen molar-refractivity contribution >= 4 is 5.91 Å². The third-order valence-electron chi connectivity index (χ3n) is 3.82. The molecule has 0 spiro atoms. The fraction of sp³-hybridized carbons (Fsp3) is 0.600. The maximum atomic E-state index is 12.2. The van der Waals surface area contributed by atoms with Gasteiger partial charge in [-0.25, -0.2) is 0 Å². The van der Waals surface area contributed by atoms with Crippen molar-refractivity contribution in [3.8, 4) is 0 Å². The molecule has 1 amide bonds. The second kappa shape index (κ2) is 6.81. The first-order valence-electron chi connectivity index (χ1n) is 7.23. The zero-order valence-corrected chi connectivity index (χ0v) is 12.3. The van der Waals surface area contributed by atoms with Crippen molar-refractivity contribution in [2.24, 2.45) is 11.7 Å². The zero-order chi connectivity index (χ0) is 14.5. The lowest BCUT2D eigenvalue weighted by Gasteiger charge is -2.36. The molecule has 0 aliphatic carbocycles. The minimum Gasteiger partial charge on any atom is -0.339 e. The lowest BCUT2D eigenvalue weighted by molar-refractivity contribution is -0.135. The van der Waals surface area contributed by atoms with E-state index in [2.05, 4.69) is 16.0 Å². The molecule has 0 bridgehead atoms. The molecule has 1 aromatic rings. The molecule has 0 saturated carbocycles. The first-order chi connectivity index (χ1) is 9.58. The first kappa shape index (κ1) is 14.9. The van der Waals surface area contributed by atoms with Gasteiger partial charge in [-0.15, -0.1) is 0 Å². The Morgan fingerprint density at radius 3 is 2.60 bits per heavy atom. The molecule has 1 aliphatic rings. The van der Waals surface area contributed by atoms with E-state index in [9.17, 15) is 4.79 Å². The van der Waals surface area contributed by atoms with Crippen LogP contribution in [0.15, 0.2) is 24.5 Å². The minimum absolute atomic E-state index is 0.0843. The summed E-state index contributed by atoms with van der Waals surface area (Å²) in [6.07, 6.45) is 3.68. The quantitative estimate of drug-likeness (QED) is 0.880. The van der Waals surface area contributed by atoms with E-state index in [1.165, 1.54) is 5.56 Å². The van der Waals surface area contributed by atoms with Crippen LogP contribution in [-0.4, -0.2) is 52.9 Å². The summed E-state index contributed by atoms with van der Waals surface area (Å²) < 4.78 is 0. The molecule has 1 aliphatic heterocycles. The number of nitrogens with zero attached hydrogens (tertiary/aromatic N) is 3. The van der Waals surface area contributed by atoms with E-state index in [1.807, 2.05) is 31.0 Å². The standard InChI is InChI=1S/C15H24N4O/c1-12(2)14(16)15(20)19-8-6-18(7-9-19)11-13-4-3-5-17-10-13/h3-5,10,12,14H,6-9,11,16H2,1-2H3/t14-/m0/s1. The van der Waals surface area contributed by atoms with Gasteiger partial charge in [0.15, 0.2) is 0 Å². The van der Waals surface area contributed by atoms with Crippen LogP contribution in [-0.2, 0) is 11.3 Å². The Morgan fingerprint density at radius 1 is 1.35 bits per heavy atom. The maximum absolute atomic E-state index is 12.2. The number of nitrogens with two attached hydrogens (primary N) is 1. The zero-order valence-electron chi connectivity index (χ0n) is 12.3. The molecule has 0 unspecified atom stereocenters. The Labute approximate surface area is 120 Å². The molecular weight excluding hydrogens is 252 g/mol. The van der Waals surface area contributed by atoms with E-state index in [4.69, 9.17) is 5.73 Å². The Morgan fingerprint density at radius 2 is 2.05 bits per heavy atom. The van der Waals surface area contributed by atoms with E-state index in [0.29, 0.717) is 0 Å². The number of amides is 1. The summed E-state index contributed by atoms with van der Waals surface area (Å²) in [6.45, 7) is 8.18. The van der Waals surface area contributed by atoms with Crippen LogP contribution < -0.4 is 5.73 Å². The lowest BCUT2D eigenvalue weighted by atomic mass is 10.0. The maximum Gasteiger partial charge on any atom is 0.239 e. The number of carbonyl (C=O) groups excluding carboxylic acids is 1. The molecule has 2 N–H and O–H groups in total. The van der Waals surface area contributed by atoms with Crippen LogP contribution in [0.1, 0.15) is 19.4 Å². The highest BCUT2D eigenvalue weighted by atomic mass is 16.2. The Balaban J connectivity index is 1.82. The van der Waals surface area contributed by atoms with Gasteiger partial charge in [0.05, 0.1) is 6.04 Å². The Hall–Kier alpha value is -1.46. The van der Waals surface area contributed by atoms with Crippen molar-refractivity contribution in [1.29, 1.82) is 0 Å². The Kier molecular flexibility index (Phi) is 5.09. The highest BCUT2D eigenvalue weighted by Crippen LogP contribution is 2.10. The molecule has 5 heteroatoms.